The molecular formula is C45H39N3. The molecule has 3 aliphatic carbocycles. The zero-order valence-corrected chi connectivity index (χ0v) is 27.8. The lowest BCUT2D eigenvalue weighted by Gasteiger charge is -2.32. The van der Waals surface area contributed by atoms with Gasteiger partial charge in [-0.3, -0.25) is 4.90 Å². The number of fused-ring (bicyclic) bond motifs is 6. The van der Waals surface area contributed by atoms with Gasteiger partial charge in [-0.2, -0.15) is 0 Å². The predicted molar refractivity (Wildman–Crippen MR) is 200 cm³/mol. The molecule has 2 unspecified atom stereocenters. The normalized spacial score (nSPS) is 19.1. The van der Waals surface area contributed by atoms with Crippen LogP contribution in [0.4, 0.5) is 11.5 Å². The summed E-state index contributed by atoms with van der Waals surface area (Å²) in [5.41, 5.74) is 14.6. The molecule has 0 aliphatic heterocycles. The van der Waals surface area contributed by atoms with Crippen molar-refractivity contribution in [2.45, 2.75) is 44.9 Å². The van der Waals surface area contributed by atoms with Crippen molar-refractivity contribution >= 4 is 34.1 Å². The van der Waals surface area contributed by atoms with Gasteiger partial charge in [0.25, 0.3) is 0 Å². The summed E-state index contributed by atoms with van der Waals surface area (Å²) in [6.07, 6.45) is 11.2. The molecule has 3 aliphatic rings. The van der Waals surface area contributed by atoms with Crippen molar-refractivity contribution in [2.75, 3.05) is 4.90 Å². The molecule has 4 aromatic carbocycles. The average molecular weight is 622 g/mol. The van der Waals surface area contributed by atoms with E-state index in [2.05, 4.69) is 164 Å². The number of para-hydroxylation sites is 2. The lowest BCUT2D eigenvalue weighted by molar-refractivity contribution is 0.609. The van der Waals surface area contributed by atoms with E-state index in [9.17, 15) is 0 Å². The van der Waals surface area contributed by atoms with Crippen LogP contribution in [-0.2, 0) is 11.8 Å². The number of hydrogen-bond acceptors (Lipinski definition) is 2. The highest BCUT2D eigenvalue weighted by atomic mass is 15.2. The van der Waals surface area contributed by atoms with Crippen molar-refractivity contribution in [3.8, 4) is 5.69 Å². The van der Waals surface area contributed by atoms with Crippen LogP contribution in [0.3, 0.4) is 0 Å². The van der Waals surface area contributed by atoms with E-state index in [1.165, 1.54) is 61.4 Å². The van der Waals surface area contributed by atoms with Gasteiger partial charge in [0.2, 0.25) is 0 Å². The van der Waals surface area contributed by atoms with E-state index < -0.39 is 0 Å². The first kappa shape index (κ1) is 28.8. The number of hydrogen-bond donors (Lipinski definition) is 0. The molecule has 0 saturated carbocycles. The van der Waals surface area contributed by atoms with Crippen LogP contribution in [0.5, 0.6) is 0 Å². The first-order valence-electron chi connectivity index (χ1n) is 17.2. The summed E-state index contributed by atoms with van der Waals surface area (Å²) in [4.78, 5) is 7.17. The molecule has 234 valence electrons. The lowest BCUT2D eigenvalue weighted by Crippen LogP contribution is -2.23. The molecule has 6 aromatic rings. The second-order valence-corrected chi connectivity index (χ2v) is 14.1. The van der Waals surface area contributed by atoms with Crippen LogP contribution in [-0.4, -0.2) is 9.55 Å². The highest BCUT2D eigenvalue weighted by Gasteiger charge is 2.42. The highest BCUT2D eigenvalue weighted by molar-refractivity contribution is 5.99. The molecule has 0 saturated heterocycles. The Kier molecular flexibility index (Phi) is 6.65. The van der Waals surface area contributed by atoms with Crippen LogP contribution in [0.1, 0.15) is 61.1 Å². The third-order valence-corrected chi connectivity index (χ3v) is 10.9. The average Bonchev–Trinajstić information content (AvgIpc) is 3.57. The lowest BCUT2D eigenvalue weighted by atomic mass is 9.78. The van der Waals surface area contributed by atoms with Gasteiger partial charge in [-0.05, 0) is 95.6 Å². The SMILES string of the molecule is CC1Cc2c(c3ccccc3n2-c2ccccc2)C=C1c1ccc(N(C2=CCC3C(=C2)C(C)(C)c2ccccc23)c2ccccn2)cc1. The van der Waals surface area contributed by atoms with Crippen LogP contribution >= 0.6 is 0 Å². The minimum Gasteiger partial charge on any atom is -0.313 e. The fraction of sp³-hybridized carbons (Fsp3) is 0.178. The first-order chi connectivity index (χ1) is 23.5. The maximum Gasteiger partial charge on any atom is 0.137 e. The van der Waals surface area contributed by atoms with Crippen LogP contribution in [0, 0.1) is 5.92 Å². The van der Waals surface area contributed by atoms with Gasteiger partial charge in [-0.1, -0.05) is 111 Å². The van der Waals surface area contributed by atoms with Crippen molar-refractivity contribution in [1.82, 2.24) is 9.55 Å². The smallest absolute Gasteiger partial charge is 0.137 e. The van der Waals surface area contributed by atoms with Gasteiger partial charge in [0.15, 0.2) is 0 Å². The fourth-order valence-electron chi connectivity index (χ4n) is 8.60. The van der Waals surface area contributed by atoms with E-state index in [0.29, 0.717) is 11.8 Å². The van der Waals surface area contributed by atoms with Crippen LogP contribution < -0.4 is 4.90 Å². The topological polar surface area (TPSA) is 21.1 Å². The van der Waals surface area contributed by atoms with E-state index in [1.807, 2.05) is 12.3 Å². The molecule has 48 heavy (non-hydrogen) atoms. The molecule has 3 heteroatoms. The fourth-order valence-corrected chi connectivity index (χ4v) is 8.60. The molecule has 0 amide bonds. The van der Waals surface area contributed by atoms with Crippen LogP contribution in [0.15, 0.2) is 151 Å². The highest BCUT2D eigenvalue weighted by Crippen LogP contribution is 2.54. The molecule has 0 fully saturated rings. The van der Waals surface area contributed by atoms with E-state index in [1.54, 1.807) is 0 Å². The van der Waals surface area contributed by atoms with Crippen LogP contribution in [0.25, 0.3) is 28.2 Å². The molecule has 3 nitrogen and oxygen atoms in total. The Morgan fingerprint density at radius 3 is 2.33 bits per heavy atom. The maximum atomic E-state index is 4.84. The monoisotopic (exact) mass is 621 g/mol. The summed E-state index contributed by atoms with van der Waals surface area (Å²) in [5, 5.41) is 1.31. The minimum absolute atomic E-state index is 0.00745. The van der Waals surface area contributed by atoms with Crippen molar-refractivity contribution in [1.29, 1.82) is 0 Å². The summed E-state index contributed by atoms with van der Waals surface area (Å²) in [5.74, 6) is 1.75. The van der Waals surface area contributed by atoms with Crippen molar-refractivity contribution < 1.29 is 0 Å². The largest absolute Gasteiger partial charge is 0.313 e. The standard InChI is InChI=1S/C45H39N3/c1-30-27-43-39(37-16-8-10-18-42(37)48(43)32-13-5-4-6-14-32)29-38(30)31-20-22-33(23-21-31)47(44-19-11-12-26-46-44)34-24-25-36-35-15-7-9-17-40(35)45(2,3)41(36)28-34/h4-24,26,28-30,36H,25,27H2,1-3H3. The number of pyridine rings is 1. The van der Waals surface area contributed by atoms with Crippen LogP contribution in [0.2, 0.25) is 0 Å². The minimum atomic E-state index is -0.00745. The third kappa shape index (κ3) is 4.45. The van der Waals surface area contributed by atoms with Crippen molar-refractivity contribution in [3.05, 3.63) is 179 Å². The zero-order chi connectivity index (χ0) is 32.4. The third-order valence-electron chi connectivity index (χ3n) is 10.9. The summed E-state index contributed by atoms with van der Waals surface area (Å²) < 4.78 is 2.46. The summed E-state index contributed by atoms with van der Waals surface area (Å²) in [6.45, 7) is 7.12. The Morgan fingerprint density at radius 2 is 1.52 bits per heavy atom. The predicted octanol–water partition coefficient (Wildman–Crippen LogP) is 11.2. The number of benzene rings is 4. The Balaban J connectivity index is 1.11. The number of anilines is 2. The quantitative estimate of drug-likeness (QED) is 0.191. The summed E-state index contributed by atoms with van der Waals surface area (Å²) in [6, 6.07) is 44.0. The molecule has 9 rings (SSSR count). The summed E-state index contributed by atoms with van der Waals surface area (Å²) in [7, 11) is 0. The Morgan fingerprint density at radius 1 is 0.771 bits per heavy atom. The molecule has 0 radical (unpaired) electrons. The van der Waals surface area contributed by atoms with Crippen molar-refractivity contribution in [2.24, 2.45) is 5.92 Å². The van der Waals surface area contributed by atoms with Gasteiger partial charge < -0.3 is 4.57 Å². The molecule has 0 spiro atoms. The number of nitrogens with zero attached hydrogens (tertiary/aromatic N) is 3. The van der Waals surface area contributed by atoms with Gasteiger partial charge in [-0.25, -0.2) is 4.98 Å². The molecule has 2 heterocycles. The first-order valence-corrected chi connectivity index (χ1v) is 17.2. The molecular weight excluding hydrogens is 583 g/mol. The van der Waals surface area contributed by atoms with Crippen molar-refractivity contribution in [3.63, 3.8) is 0 Å². The summed E-state index contributed by atoms with van der Waals surface area (Å²) >= 11 is 0. The van der Waals surface area contributed by atoms with Gasteiger partial charge in [0, 0.05) is 51.2 Å². The number of rotatable bonds is 5. The van der Waals surface area contributed by atoms with E-state index in [0.717, 1.165) is 24.3 Å². The molecule has 0 bridgehead atoms. The van der Waals surface area contributed by atoms with Gasteiger partial charge in [0.1, 0.15) is 5.82 Å². The Bertz CT molecular complexity index is 2270. The second-order valence-electron chi connectivity index (χ2n) is 14.1. The second kappa shape index (κ2) is 11.1. The maximum absolute atomic E-state index is 4.84. The zero-order valence-electron chi connectivity index (χ0n) is 27.8. The number of allylic oxidation sites excluding steroid dienone is 4. The molecule has 0 N–H and O–H groups in total. The number of aromatic nitrogens is 2. The van der Waals surface area contributed by atoms with Gasteiger partial charge in [-0.15, -0.1) is 0 Å². The van der Waals surface area contributed by atoms with Gasteiger partial charge >= 0.3 is 0 Å². The Hall–Kier alpha value is -5.41. The van der Waals surface area contributed by atoms with E-state index in [-0.39, 0.29) is 5.41 Å². The van der Waals surface area contributed by atoms with E-state index >= 15 is 0 Å². The van der Waals surface area contributed by atoms with Gasteiger partial charge in [0.05, 0.1) is 5.52 Å². The van der Waals surface area contributed by atoms with E-state index in [4.69, 9.17) is 4.98 Å². The molecule has 2 aromatic heterocycles. The molecule has 2 atom stereocenters. The Labute approximate surface area is 283 Å².